The third-order valence-electron chi connectivity index (χ3n) is 6.17. The van der Waals surface area contributed by atoms with Crippen LogP contribution in [0.1, 0.15) is 59.3 Å². The second kappa shape index (κ2) is 8.31. The highest BCUT2D eigenvalue weighted by atomic mass is 32.2. The molecule has 0 saturated heterocycles. The molecule has 1 amide bonds. The summed E-state index contributed by atoms with van der Waals surface area (Å²) in [5, 5.41) is 2.83. The molecule has 5 nitrogen and oxygen atoms in total. The average molecular weight is 393 g/mol. The van der Waals surface area contributed by atoms with Gasteiger partial charge in [0.2, 0.25) is 15.9 Å². The molecule has 1 aromatic carbocycles. The Labute approximate surface area is 163 Å². The Morgan fingerprint density at radius 1 is 1.11 bits per heavy atom. The number of carbonyl (C=O) groups excluding carboxylic acids is 1. The Morgan fingerprint density at radius 2 is 1.81 bits per heavy atom. The molecule has 0 aliphatic heterocycles. The molecule has 27 heavy (non-hydrogen) atoms. The van der Waals surface area contributed by atoms with Gasteiger partial charge in [-0.2, -0.15) is 0 Å². The quantitative estimate of drug-likeness (QED) is 0.697. The number of benzene rings is 1. The third-order valence-corrected chi connectivity index (χ3v) is 7.75. The molecule has 0 spiro atoms. The molecule has 2 N–H and O–H groups in total. The van der Waals surface area contributed by atoms with Gasteiger partial charge in [0.1, 0.15) is 0 Å². The first-order valence-electron chi connectivity index (χ1n) is 10.2. The Hall–Kier alpha value is -1.40. The van der Waals surface area contributed by atoms with Gasteiger partial charge in [-0.25, -0.2) is 13.1 Å². The van der Waals surface area contributed by atoms with Crippen LogP contribution in [0.25, 0.3) is 0 Å². The summed E-state index contributed by atoms with van der Waals surface area (Å²) in [6.45, 7) is 6.15. The summed E-state index contributed by atoms with van der Waals surface area (Å²) in [5.41, 5.74) is 0.629. The van der Waals surface area contributed by atoms with Gasteiger partial charge in [-0.15, -0.1) is 0 Å². The Morgan fingerprint density at radius 3 is 2.37 bits per heavy atom. The fourth-order valence-electron chi connectivity index (χ4n) is 4.67. The lowest BCUT2D eigenvalue weighted by Gasteiger charge is -2.28. The minimum atomic E-state index is -3.54. The van der Waals surface area contributed by atoms with Gasteiger partial charge in [-0.1, -0.05) is 20.3 Å². The molecule has 3 rings (SSSR count). The van der Waals surface area contributed by atoms with Crippen LogP contribution in [0, 0.1) is 23.7 Å². The van der Waals surface area contributed by atoms with Gasteiger partial charge in [0.25, 0.3) is 0 Å². The molecule has 4 atom stereocenters. The van der Waals surface area contributed by atoms with Crippen LogP contribution in [0.4, 0.5) is 5.69 Å². The lowest BCUT2D eigenvalue weighted by atomic mass is 9.84. The van der Waals surface area contributed by atoms with Crippen molar-refractivity contribution in [3.63, 3.8) is 0 Å². The molecule has 0 radical (unpaired) electrons. The number of nitrogens with one attached hydrogen (secondary N) is 2. The van der Waals surface area contributed by atoms with Crippen molar-refractivity contribution in [2.24, 2.45) is 23.7 Å². The van der Waals surface area contributed by atoms with E-state index in [4.69, 9.17) is 0 Å². The normalized spacial score (nSPS) is 25.7. The van der Waals surface area contributed by atoms with E-state index < -0.39 is 10.0 Å². The molecular weight excluding hydrogens is 360 g/mol. The van der Waals surface area contributed by atoms with Crippen molar-refractivity contribution in [1.82, 2.24) is 4.72 Å². The summed E-state index contributed by atoms with van der Waals surface area (Å²) in [5.74, 6) is 2.37. The van der Waals surface area contributed by atoms with E-state index in [1.807, 2.05) is 6.92 Å². The zero-order valence-electron chi connectivity index (χ0n) is 16.6. The standard InChI is InChI=1S/C21H32N2O3S/c1-14(2)4-11-21(24)22-18-7-9-19(10-8-18)27(25,26)23-15(3)20-13-16-5-6-17(20)12-16/h7-10,14-17,20,23H,4-6,11-13H2,1-3H3,(H,22,24)/t15-,16-,17-,20+/m1/s1. The molecule has 2 aliphatic carbocycles. The van der Waals surface area contributed by atoms with E-state index in [0.29, 0.717) is 29.9 Å². The van der Waals surface area contributed by atoms with Gasteiger partial charge in [-0.05, 0) is 80.5 Å². The topological polar surface area (TPSA) is 75.3 Å². The highest BCUT2D eigenvalue weighted by molar-refractivity contribution is 7.89. The van der Waals surface area contributed by atoms with Crippen LogP contribution in [0.5, 0.6) is 0 Å². The zero-order valence-corrected chi connectivity index (χ0v) is 17.4. The predicted octanol–water partition coefficient (Wildman–Crippen LogP) is 4.16. The van der Waals surface area contributed by atoms with Crippen molar-refractivity contribution < 1.29 is 13.2 Å². The SMILES string of the molecule is CC(C)CCC(=O)Nc1ccc(S(=O)(=O)N[C@H](C)[C@@H]2C[C@@H]3CC[C@@H]2C3)cc1. The highest BCUT2D eigenvalue weighted by Gasteiger charge is 2.42. The number of anilines is 1. The molecule has 0 heterocycles. The van der Waals surface area contributed by atoms with Crippen LogP contribution < -0.4 is 10.0 Å². The molecule has 2 saturated carbocycles. The second-order valence-electron chi connectivity index (χ2n) is 8.75. The monoisotopic (exact) mass is 392 g/mol. The first kappa shape index (κ1) is 20.3. The van der Waals surface area contributed by atoms with Crippen LogP contribution in [-0.4, -0.2) is 20.4 Å². The molecule has 2 bridgehead atoms. The molecule has 0 unspecified atom stereocenters. The van der Waals surface area contributed by atoms with Crippen molar-refractivity contribution in [3.05, 3.63) is 24.3 Å². The zero-order chi connectivity index (χ0) is 19.6. The molecule has 2 fully saturated rings. The summed E-state index contributed by atoms with van der Waals surface area (Å²) in [7, 11) is -3.54. The maximum atomic E-state index is 12.7. The lowest BCUT2D eigenvalue weighted by molar-refractivity contribution is -0.116. The van der Waals surface area contributed by atoms with E-state index in [1.165, 1.54) is 19.3 Å². The fraction of sp³-hybridized carbons (Fsp3) is 0.667. The Balaban J connectivity index is 1.57. The summed E-state index contributed by atoms with van der Waals surface area (Å²) in [6.07, 6.45) is 6.28. The largest absolute Gasteiger partial charge is 0.326 e. The van der Waals surface area contributed by atoms with Gasteiger partial charge >= 0.3 is 0 Å². The maximum absolute atomic E-state index is 12.7. The molecule has 150 valence electrons. The van der Waals surface area contributed by atoms with Crippen molar-refractivity contribution in [2.45, 2.75) is 70.2 Å². The van der Waals surface area contributed by atoms with E-state index in [2.05, 4.69) is 23.9 Å². The summed E-state index contributed by atoms with van der Waals surface area (Å²) in [4.78, 5) is 12.2. The first-order chi connectivity index (χ1) is 12.7. The van der Waals surface area contributed by atoms with E-state index in [-0.39, 0.29) is 16.8 Å². The van der Waals surface area contributed by atoms with Crippen molar-refractivity contribution >= 4 is 21.6 Å². The Kier molecular flexibility index (Phi) is 6.26. The van der Waals surface area contributed by atoms with Crippen LogP contribution in [0.2, 0.25) is 0 Å². The smallest absolute Gasteiger partial charge is 0.240 e. The van der Waals surface area contributed by atoms with Gasteiger partial charge in [0.15, 0.2) is 0 Å². The molecular formula is C21H32N2O3S. The van der Waals surface area contributed by atoms with E-state index in [1.54, 1.807) is 24.3 Å². The first-order valence-corrected chi connectivity index (χ1v) is 11.6. The fourth-order valence-corrected chi connectivity index (χ4v) is 5.96. The van der Waals surface area contributed by atoms with Crippen LogP contribution in [-0.2, 0) is 14.8 Å². The van der Waals surface area contributed by atoms with Gasteiger partial charge in [0.05, 0.1) is 4.90 Å². The second-order valence-corrected chi connectivity index (χ2v) is 10.5. The number of carbonyl (C=O) groups is 1. The van der Waals surface area contributed by atoms with Crippen LogP contribution in [0.3, 0.4) is 0 Å². The summed E-state index contributed by atoms with van der Waals surface area (Å²) in [6, 6.07) is 6.40. The van der Waals surface area contributed by atoms with Crippen LogP contribution in [0.15, 0.2) is 29.2 Å². The van der Waals surface area contributed by atoms with E-state index >= 15 is 0 Å². The lowest BCUT2D eigenvalue weighted by Crippen LogP contribution is -2.40. The minimum Gasteiger partial charge on any atom is -0.326 e. The highest BCUT2D eigenvalue weighted by Crippen LogP contribution is 2.49. The number of hydrogen-bond acceptors (Lipinski definition) is 3. The number of fused-ring (bicyclic) bond motifs is 2. The maximum Gasteiger partial charge on any atom is 0.240 e. The summed E-state index contributed by atoms with van der Waals surface area (Å²) >= 11 is 0. The summed E-state index contributed by atoms with van der Waals surface area (Å²) < 4.78 is 28.3. The van der Waals surface area contributed by atoms with E-state index in [0.717, 1.165) is 18.8 Å². The van der Waals surface area contributed by atoms with Gasteiger partial charge < -0.3 is 5.32 Å². The Bertz CT molecular complexity index is 758. The molecule has 2 aliphatic rings. The molecule has 6 heteroatoms. The van der Waals surface area contributed by atoms with Crippen molar-refractivity contribution in [2.75, 3.05) is 5.32 Å². The molecule has 0 aromatic heterocycles. The van der Waals surface area contributed by atoms with E-state index in [9.17, 15) is 13.2 Å². The predicted molar refractivity (Wildman–Crippen MR) is 108 cm³/mol. The van der Waals surface area contributed by atoms with Gasteiger partial charge in [0, 0.05) is 18.2 Å². The molecule has 1 aromatic rings. The van der Waals surface area contributed by atoms with Crippen molar-refractivity contribution in [1.29, 1.82) is 0 Å². The van der Waals surface area contributed by atoms with Crippen molar-refractivity contribution in [3.8, 4) is 0 Å². The van der Waals surface area contributed by atoms with Gasteiger partial charge in [-0.3, -0.25) is 4.79 Å². The average Bonchev–Trinajstić information content (AvgIpc) is 3.23. The number of rotatable bonds is 8. The number of sulfonamides is 1. The third kappa shape index (κ3) is 5.11. The number of hydrogen-bond donors (Lipinski definition) is 2. The number of amides is 1. The van der Waals surface area contributed by atoms with Crippen LogP contribution >= 0.6 is 0 Å². The minimum absolute atomic E-state index is 0.0395.